The monoisotopic (exact) mass is 334 g/mol. The topological polar surface area (TPSA) is 74.6 Å². The number of hydrogen-bond acceptors (Lipinski definition) is 3. The molecule has 0 aromatic carbocycles. The lowest BCUT2D eigenvalue weighted by Crippen LogP contribution is -2.15. The largest absolute Gasteiger partial charge is 0.481 e. The Kier molecular flexibility index (Phi) is 10.0. The summed E-state index contributed by atoms with van der Waals surface area (Å²) in [6, 6.07) is 0. The average Bonchev–Trinajstić information content (AvgIpc) is 2.89. The number of unbranched alkanes of at least 4 members (excludes halogenated alkanes) is 3. The molecule has 4 heteroatoms. The number of carboxylic acids is 1. The molecule has 0 unspecified atom stereocenters. The van der Waals surface area contributed by atoms with Gasteiger partial charge in [-0.1, -0.05) is 56.6 Å². The van der Waals surface area contributed by atoms with Crippen LogP contribution in [0.3, 0.4) is 0 Å². The molecule has 134 valence electrons. The van der Waals surface area contributed by atoms with E-state index in [1.54, 1.807) is 12.2 Å². The van der Waals surface area contributed by atoms with Crippen molar-refractivity contribution in [3.63, 3.8) is 0 Å². The highest BCUT2D eigenvalue weighted by atomic mass is 16.4. The SMILES string of the molecule is CCCCC[C@H]1C(=O)C=C[C@@H]1/C=C/[C@@H](O)C/C=C\CCCC(=O)O. The van der Waals surface area contributed by atoms with Crippen LogP contribution in [0.25, 0.3) is 0 Å². The first-order chi connectivity index (χ1) is 11.5. The molecule has 24 heavy (non-hydrogen) atoms. The molecule has 0 saturated carbocycles. The molecular formula is C20H30O4. The third-order valence-corrected chi connectivity index (χ3v) is 4.29. The number of hydrogen-bond donors (Lipinski definition) is 2. The van der Waals surface area contributed by atoms with Crippen LogP contribution in [0.2, 0.25) is 0 Å². The van der Waals surface area contributed by atoms with Gasteiger partial charge in [-0.3, -0.25) is 9.59 Å². The third-order valence-electron chi connectivity index (χ3n) is 4.29. The molecule has 0 spiro atoms. The van der Waals surface area contributed by atoms with Gasteiger partial charge in [0.1, 0.15) is 0 Å². The number of carboxylic acid groups (broad SMARTS) is 1. The summed E-state index contributed by atoms with van der Waals surface area (Å²) >= 11 is 0. The minimum absolute atomic E-state index is 0.0339. The predicted molar refractivity (Wildman–Crippen MR) is 95.7 cm³/mol. The highest BCUT2D eigenvalue weighted by Gasteiger charge is 2.27. The Balaban J connectivity index is 2.32. The van der Waals surface area contributed by atoms with Gasteiger partial charge in [-0.05, 0) is 31.8 Å². The maximum Gasteiger partial charge on any atom is 0.303 e. The lowest BCUT2D eigenvalue weighted by molar-refractivity contribution is -0.137. The van der Waals surface area contributed by atoms with Crippen LogP contribution in [-0.2, 0) is 9.59 Å². The summed E-state index contributed by atoms with van der Waals surface area (Å²) in [6.07, 6.45) is 16.8. The van der Waals surface area contributed by atoms with Gasteiger partial charge >= 0.3 is 5.97 Å². The smallest absolute Gasteiger partial charge is 0.303 e. The van der Waals surface area contributed by atoms with E-state index in [1.165, 1.54) is 0 Å². The van der Waals surface area contributed by atoms with Gasteiger partial charge in [0.05, 0.1) is 6.10 Å². The molecule has 2 N–H and O–H groups in total. The maximum atomic E-state index is 11.9. The molecule has 4 nitrogen and oxygen atoms in total. The zero-order chi connectivity index (χ0) is 17.8. The quantitative estimate of drug-likeness (QED) is 0.417. The zero-order valence-corrected chi connectivity index (χ0v) is 14.6. The van der Waals surface area contributed by atoms with Crippen LogP contribution in [0.4, 0.5) is 0 Å². The fraction of sp³-hybridized carbons (Fsp3) is 0.600. The van der Waals surface area contributed by atoms with E-state index in [2.05, 4.69) is 6.92 Å². The normalized spacial score (nSPS) is 22.0. The predicted octanol–water partition coefficient (Wildman–Crippen LogP) is 4.06. The molecule has 0 aromatic heterocycles. The number of carbonyl (C=O) groups is 2. The van der Waals surface area contributed by atoms with Crippen molar-refractivity contribution in [3.8, 4) is 0 Å². The van der Waals surface area contributed by atoms with Crippen molar-refractivity contribution >= 4 is 11.8 Å². The van der Waals surface area contributed by atoms with Crippen LogP contribution >= 0.6 is 0 Å². The summed E-state index contributed by atoms with van der Waals surface area (Å²) in [7, 11) is 0. The summed E-state index contributed by atoms with van der Waals surface area (Å²) < 4.78 is 0. The van der Waals surface area contributed by atoms with Crippen molar-refractivity contribution in [1.82, 2.24) is 0 Å². The number of ketones is 1. The molecule has 0 aliphatic heterocycles. The number of aliphatic carboxylic acids is 1. The Morgan fingerprint density at radius 3 is 2.79 bits per heavy atom. The lowest BCUT2D eigenvalue weighted by atomic mass is 9.89. The van der Waals surface area contributed by atoms with Crippen LogP contribution in [0, 0.1) is 11.8 Å². The first-order valence-corrected chi connectivity index (χ1v) is 8.99. The van der Waals surface area contributed by atoms with Crippen LogP contribution in [0.15, 0.2) is 36.5 Å². The van der Waals surface area contributed by atoms with Crippen LogP contribution in [0.5, 0.6) is 0 Å². The summed E-state index contributed by atoms with van der Waals surface area (Å²) in [5, 5.41) is 18.5. The zero-order valence-electron chi connectivity index (χ0n) is 14.6. The second-order valence-electron chi connectivity index (χ2n) is 6.39. The van der Waals surface area contributed by atoms with Gasteiger partial charge < -0.3 is 10.2 Å². The number of rotatable bonds is 12. The van der Waals surface area contributed by atoms with Crippen molar-refractivity contribution < 1.29 is 19.8 Å². The number of carbonyl (C=O) groups excluding carboxylic acids is 1. The summed E-state index contributed by atoms with van der Waals surface area (Å²) in [5.41, 5.74) is 0. The molecule has 0 amide bonds. The van der Waals surface area contributed by atoms with Crippen molar-refractivity contribution in [2.45, 2.75) is 64.4 Å². The fourth-order valence-electron chi connectivity index (χ4n) is 2.86. The molecular weight excluding hydrogens is 304 g/mol. The third kappa shape index (κ3) is 8.25. The fourth-order valence-corrected chi connectivity index (χ4v) is 2.86. The second-order valence-corrected chi connectivity index (χ2v) is 6.39. The van der Waals surface area contributed by atoms with Gasteiger partial charge in [-0.15, -0.1) is 0 Å². The Morgan fingerprint density at radius 2 is 2.08 bits per heavy atom. The molecule has 1 aliphatic rings. The Bertz CT molecular complexity index is 476. The molecule has 1 rings (SSSR count). The highest BCUT2D eigenvalue weighted by Crippen LogP contribution is 2.28. The van der Waals surface area contributed by atoms with E-state index in [4.69, 9.17) is 5.11 Å². The Morgan fingerprint density at radius 1 is 1.29 bits per heavy atom. The molecule has 0 aromatic rings. The van der Waals surface area contributed by atoms with Crippen molar-refractivity contribution in [3.05, 3.63) is 36.5 Å². The van der Waals surface area contributed by atoms with Crippen molar-refractivity contribution in [2.75, 3.05) is 0 Å². The summed E-state index contributed by atoms with van der Waals surface area (Å²) in [5.74, 6) is -0.442. The molecule has 1 aliphatic carbocycles. The van der Waals surface area contributed by atoms with E-state index in [1.807, 2.05) is 24.3 Å². The van der Waals surface area contributed by atoms with Gasteiger partial charge in [-0.25, -0.2) is 0 Å². The number of aliphatic hydroxyl groups excluding tert-OH is 1. The lowest BCUT2D eigenvalue weighted by Gasteiger charge is -2.15. The summed E-state index contributed by atoms with van der Waals surface area (Å²) in [6.45, 7) is 2.15. The van der Waals surface area contributed by atoms with Crippen molar-refractivity contribution in [2.24, 2.45) is 11.8 Å². The standard InChI is InChI=1S/C20H30O4/c1-2-3-6-10-18-16(13-15-19(18)22)12-14-17(21)9-7-4-5-8-11-20(23)24/h4,7,12-18,21H,2-3,5-6,8-11H2,1H3,(H,23,24)/b7-4-,14-12+/t16-,17-,18+/m0/s1. The average molecular weight is 334 g/mol. The molecule has 0 heterocycles. The molecule has 3 atom stereocenters. The van der Waals surface area contributed by atoms with E-state index in [9.17, 15) is 14.7 Å². The molecule has 0 saturated heterocycles. The van der Waals surface area contributed by atoms with E-state index < -0.39 is 12.1 Å². The first-order valence-electron chi connectivity index (χ1n) is 8.99. The minimum atomic E-state index is -0.779. The first kappa shape index (κ1) is 20.4. The van der Waals surface area contributed by atoms with Gasteiger partial charge in [0.25, 0.3) is 0 Å². The van der Waals surface area contributed by atoms with E-state index >= 15 is 0 Å². The minimum Gasteiger partial charge on any atom is -0.481 e. The maximum absolute atomic E-state index is 11.9. The van der Waals surface area contributed by atoms with Crippen LogP contribution in [0.1, 0.15) is 58.3 Å². The van der Waals surface area contributed by atoms with Gasteiger partial charge in [0, 0.05) is 18.3 Å². The van der Waals surface area contributed by atoms with Gasteiger partial charge in [-0.2, -0.15) is 0 Å². The van der Waals surface area contributed by atoms with E-state index in [0.29, 0.717) is 19.3 Å². The second kappa shape index (κ2) is 11.8. The van der Waals surface area contributed by atoms with Crippen LogP contribution < -0.4 is 0 Å². The molecule has 0 radical (unpaired) electrons. The van der Waals surface area contributed by atoms with E-state index in [-0.39, 0.29) is 24.0 Å². The van der Waals surface area contributed by atoms with Gasteiger partial charge in [0.15, 0.2) is 5.78 Å². The van der Waals surface area contributed by atoms with Crippen molar-refractivity contribution in [1.29, 1.82) is 0 Å². The Hall–Kier alpha value is -1.68. The Labute approximate surface area is 145 Å². The number of aliphatic hydroxyl groups is 1. The molecule has 0 bridgehead atoms. The highest BCUT2D eigenvalue weighted by molar-refractivity contribution is 5.94. The van der Waals surface area contributed by atoms with E-state index in [0.717, 1.165) is 25.7 Å². The summed E-state index contributed by atoms with van der Waals surface area (Å²) in [4.78, 5) is 22.3. The van der Waals surface area contributed by atoms with Crippen LogP contribution in [-0.4, -0.2) is 28.1 Å². The molecule has 0 fully saturated rings. The number of allylic oxidation sites excluding steroid dienone is 4. The van der Waals surface area contributed by atoms with Gasteiger partial charge in [0.2, 0.25) is 0 Å².